The molecule has 0 atom stereocenters. The van der Waals surface area contributed by atoms with E-state index in [0.29, 0.717) is 24.7 Å². The van der Waals surface area contributed by atoms with Gasteiger partial charge in [-0.3, -0.25) is 19.5 Å². The fraction of sp³-hybridized carbons (Fsp3) is 0.226. The minimum Gasteiger partial charge on any atom is -0.444 e. The molecule has 0 spiro atoms. The standard InChI is InChI=1S/C31H26ClN3O3S2/c32-23-10-9-22-19-38-31(37)34(25(22)17-23)24-11-13-33(14-12-24)18-28(36)35(29-15-20-5-1-3-7-26(20)39-29)30-16-21-6-2-4-8-27(21)40-30/h1-10,15-17,24H,11-14,18-19H2. The average molecular weight is 588 g/mol. The lowest BCUT2D eigenvalue weighted by atomic mass is 10.0. The van der Waals surface area contributed by atoms with Gasteiger partial charge in [0.05, 0.1) is 12.2 Å². The molecule has 6 nitrogen and oxygen atoms in total. The number of carbonyl (C=O) groups is 2. The Kier molecular flexibility index (Phi) is 6.71. The Morgan fingerprint density at radius 3 is 2.15 bits per heavy atom. The molecular weight excluding hydrogens is 562 g/mol. The predicted octanol–water partition coefficient (Wildman–Crippen LogP) is 8.06. The van der Waals surface area contributed by atoms with Gasteiger partial charge in [-0.1, -0.05) is 54.1 Å². The molecule has 0 unspecified atom stereocenters. The fourth-order valence-electron chi connectivity index (χ4n) is 5.64. The number of likely N-dealkylation sites (tertiary alicyclic amines) is 1. The lowest BCUT2D eigenvalue weighted by molar-refractivity contribution is -0.119. The van der Waals surface area contributed by atoms with Gasteiger partial charge in [0, 0.05) is 39.1 Å². The lowest BCUT2D eigenvalue weighted by Crippen LogP contribution is -2.50. The molecule has 5 aromatic rings. The topological polar surface area (TPSA) is 53.1 Å². The molecule has 0 aliphatic carbocycles. The van der Waals surface area contributed by atoms with Crippen molar-refractivity contribution in [3.05, 3.63) is 89.4 Å². The number of rotatable bonds is 5. The molecule has 0 N–H and O–H groups in total. The van der Waals surface area contributed by atoms with E-state index in [1.807, 2.05) is 47.4 Å². The maximum absolute atomic E-state index is 14.0. The molecule has 0 saturated carbocycles. The van der Waals surface area contributed by atoms with Gasteiger partial charge in [-0.05, 0) is 60.0 Å². The molecule has 1 fully saturated rings. The summed E-state index contributed by atoms with van der Waals surface area (Å²) in [6, 6.07) is 26.3. The van der Waals surface area contributed by atoms with Gasteiger partial charge in [0.2, 0.25) is 5.91 Å². The Morgan fingerprint density at radius 1 is 0.900 bits per heavy atom. The van der Waals surface area contributed by atoms with Gasteiger partial charge in [0.25, 0.3) is 0 Å². The zero-order valence-electron chi connectivity index (χ0n) is 21.6. The van der Waals surface area contributed by atoms with Crippen molar-refractivity contribution in [1.29, 1.82) is 0 Å². The van der Waals surface area contributed by atoms with Crippen molar-refractivity contribution in [2.45, 2.75) is 25.5 Å². The lowest BCUT2D eigenvalue weighted by Gasteiger charge is -2.40. The Bertz CT molecular complexity index is 1600. The molecule has 202 valence electrons. The van der Waals surface area contributed by atoms with Crippen LogP contribution in [0.2, 0.25) is 5.02 Å². The second kappa shape index (κ2) is 10.5. The van der Waals surface area contributed by atoms with E-state index in [4.69, 9.17) is 16.3 Å². The zero-order chi connectivity index (χ0) is 27.2. The highest BCUT2D eigenvalue weighted by atomic mass is 35.5. The van der Waals surface area contributed by atoms with Crippen LogP contribution >= 0.6 is 34.3 Å². The van der Waals surface area contributed by atoms with Crippen molar-refractivity contribution in [3.63, 3.8) is 0 Å². The number of carbonyl (C=O) groups excluding carboxylic acids is 2. The number of hydrogen-bond donors (Lipinski definition) is 0. The van der Waals surface area contributed by atoms with Crippen LogP contribution in [-0.2, 0) is 16.1 Å². The van der Waals surface area contributed by atoms with Gasteiger partial charge in [-0.2, -0.15) is 0 Å². The Morgan fingerprint density at radius 2 is 1.52 bits per heavy atom. The van der Waals surface area contributed by atoms with E-state index in [0.717, 1.165) is 54.3 Å². The quantitative estimate of drug-likeness (QED) is 0.209. The molecule has 40 heavy (non-hydrogen) atoms. The number of thiophene rings is 2. The number of benzene rings is 3. The SMILES string of the molecule is O=C(CN1CCC(N2C(=O)OCc3ccc(Cl)cc32)CC1)N(c1cc2ccccc2s1)c1cc2ccccc2s1. The number of anilines is 3. The average Bonchev–Trinajstić information content (AvgIpc) is 3.58. The van der Waals surface area contributed by atoms with Crippen molar-refractivity contribution in [3.8, 4) is 0 Å². The second-order valence-electron chi connectivity index (χ2n) is 10.2. The number of piperidine rings is 1. The van der Waals surface area contributed by atoms with Crippen LogP contribution in [0.4, 0.5) is 20.5 Å². The Balaban J connectivity index is 1.11. The van der Waals surface area contributed by atoms with E-state index in [1.165, 1.54) is 0 Å². The smallest absolute Gasteiger partial charge is 0.414 e. The molecule has 1 saturated heterocycles. The first kappa shape index (κ1) is 25.5. The highest BCUT2D eigenvalue weighted by Gasteiger charge is 2.35. The van der Waals surface area contributed by atoms with Gasteiger partial charge < -0.3 is 4.74 Å². The van der Waals surface area contributed by atoms with Crippen LogP contribution in [0, 0.1) is 0 Å². The van der Waals surface area contributed by atoms with Crippen molar-refractivity contribution in [2.75, 3.05) is 29.4 Å². The maximum atomic E-state index is 14.0. The summed E-state index contributed by atoms with van der Waals surface area (Å²) in [5, 5.41) is 4.73. The van der Waals surface area contributed by atoms with E-state index in [-0.39, 0.29) is 24.6 Å². The van der Waals surface area contributed by atoms with Crippen LogP contribution in [0.1, 0.15) is 18.4 Å². The minimum absolute atomic E-state index is 0.00216. The van der Waals surface area contributed by atoms with Crippen molar-refractivity contribution in [1.82, 2.24) is 4.90 Å². The first-order valence-electron chi connectivity index (χ1n) is 13.3. The van der Waals surface area contributed by atoms with E-state index in [1.54, 1.807) is 27.6 Å². The summed E-state index contributed by atoms with van der Waals surface area (Å²) in [6.07, 6.45) is 1.17. The largest absolute Gasteiger partial charge is 0.444 e. The van der Waals surface area contributed by atoms with E-state index >= 15 is 0 Å². The van der Waals surface area contributed by atoms with Crippen molar-refractivity contribution >= 4 is 82.1 Å². The number of nitrogens with zero attached hydrogens (tertiary/aromatic N) is 3. The summed E-state index contributed by atoms with van der Waals surface area (Å²) < 4.78 is 7.77. The zero-order valence-corrected chi connectivity index (χ0v) is 24.0. The molecule has 7 rings (SSSR count). The summed E-state index contributed by atoms with van der Waals surface area (Å²) in [4.78, 5) is 32.6. The van der Waals surface area contributed by atoms with Gasteiger partial charge in [0.15, 0.2) is 0 Å². The Labute approximate surface area is 244 Å². The molecule has 3 aromatic carbocycles. The number of amides is 2. The summed E-state index contributed by atoms with van der Waals surface area (Å²) >= 11 is 9.54. The van der Waals surface area contributed by atoms with Gasteiger partial charge in [-0.25, -0.2) is 4.79 Å². The van der Waals surface area contributed by atoms with Crippen LogP contribution in [0.3, 0.4) is 0 Å². The number of halogens is 1. The number of cyclic esters (lactones) is 1. The maximum Gasteiger partial charge on any atom is 0.414 e. The summed E-state index contributed by atoms with van der Waals surface area (Å²) in [5.74, 6) is 0.0473. The van der Waals surface area contributed by atoms with E-state index in [9.17, 15) is 9.59 Å². The van der Waals surface area contributed by atoms with Crippen molar-refractivity contribution < 1.29 is 14.3 Å². The molecule has 2 amide bonds. The van der Waals surface area contributed by atoms with Crippen LogP contribution in [0.15, 0.2) is 78.9 Å². The second-order valence-corrected chi connectivity index (χ2v) is 12.7. The number of hydrogen-bond acceptors (Lipinski definition) is 6. The first-order chi connectivity index (χ1) is 19.5. The number of ether oxygens (including phenoxy) is 1. The highest BCUT2D eigenvalue weighted by Crippen LogP contribution is 2.41. The minimum atomic E-state index is -0.329. The first-order valence-corrected chi connectivity index (χ1v) is 15.3. The highest BCUT2D eigenvalue weighted by molar-refractivity contribution is 7.25. The molecule has 0 radical (unpaired) electrons. The van der Waals surface area contributed by atoms with Gasteiger partial charge in [0.1, 0.15) is 16.6 Å². The molecule has 9 heteroatoms. The molecule has 2 aliphatic heterocycles. The van der Waals surface area contributed by atoms with Gasteiger partial charge >= 0.3 is 6.09 Å². The molecule has 2 aromatic heterocycles. The summed E-state index contributed by atoms with van der Waals surface area (Å²) in [6.45, 7) is 1.99. The third-order valence-electron chi connectivity index (χ3n) is 7.65. The molecule has 4 heterocycles. The predicted molar refractivity (Wildman–Crippen MR) is 164 cm³/mol. The van der Waals surface area contributed by atoms with E-state index in [2.05, 4.69) is 41.3 Å². The van der Waals surface area contributed by atoms with Crippen LogP contribution in [0.25, 0.3) is 20.2 Å². The van der Waals surface area contributed by atoms with Crippen LogP contribution in [0.5, 0.6) is 0 Å². The molecular formula is C31H26ClN3O3S2. The molecule has 2 aliphatic rings. The third-order valence-corrected chi connectivity index (χ3v) is 10.1. The third kappa shape index (κ3) is 4.75. The van der Waals surface area contributed by atoms with Crippen LogP contribution < -0.4 is 9.80 Å². The van der Waals surface area contributed by atoms with Crippen molar-refractivity contribution in [2.24, 2.45) is 0 Å². The molecule has 0 bridgehead atoms. The Hall–Kier alpha value is -3.43. The fourth-order valence-corrected chi connectivity index (χ4v) is 8.06. The monoisotopic (exact) mass is 587 g/mol. The number of fused-ring (bicyclic) bond motifs is 3. The van der Waals surface area contributed by atoms with Crippen LogP contribution in [-0.4, -0.2) is 42.6 Å². The normalized spacial score (nSPS) is 16.3. The van der Waals surface area contributed by atoms with Gasteiger partial charge in [-0.15, -0.1) is 22.7 Å². The van der Waals surface area contributed by atoms with E-state index < -0.39 is 0 Å². The summed E-state index contributed by atoms with van der Waals surface area (Å²) in [5.41, 5.74) is 1.79. The summed E-state index contributed by atoms with van der Waals surface area (Å²) in [7, 11) is 0.